The Kier molecular flexibility index (Phi) is 4.07. The van der Waals surface area contributed by atoms with Crippen molar-refractivity contribution in [2.24, 2.45) is 0 Å². The molecular formula is C15H14ClNO2. The zero-order valence-electron chi connectivity index (χ0n) is 10.4. The summed E-state index contributed by atoms with van der Waals surface area (Å²) in [5.74, 6) is -0.922. The van der Waals surface area contributed by atoms with E-state index in [1.54, 1.807) is 24.3 Å². The van der Waals surface area contributed by atoms with Gasteiger partial charge in [0.2, 0.25) is 0 Å². The molecule has 2 aromatic rings. The Morgan fingerprint density at radius 3 is 2.47 bits per heavy atom. The van der Waals surface area contributed by atoms with Crippen molar-refractivity contribution in [3.8, 4) is 0 Å². The predicted molar refractivity (Wildman–Crippen MR) is 76.9 cm³/mol. The molecule has 3 nitrogen and oxygen atoms in total. The predicted octanol–water partition coefficient (Wildman–Crippen LogP) is 4.21. The van der Waals surface area contributed by atoms with Crippen molar-refractivity contribution < 1.29 is 9.90 Å². The maximum atomic E-state index is 10.8. The van der Waals surface area contributed by atoms with Gasteiger partial charge in [-0.15, -0.1) is 0 Å². The first-order chi connectivity index (χ1) is 9.06. The lowest BCUT2D eigenvalue weighted by atomic mass is 10.1. The average molecular weight is 276 g/mol. The van der Waals surface area contributed by atoms with Crippen LogP contribution in [0.2, 0.25) is 5.02 Å². The summed E-state index contributed by atoms with van der Waals surface area (Å²) in [5, 5.41) is 12.8. The van der Waals surface area contributed by atoms with E-state index in [9.17, 15) is 4.79 Å². The molecule has 0 radical (unpaired) electrons. The number of rotatable bonds is 4. The highest BCUT2D eigenvalue weighted by Crippen LogP contribution is 2.22. The summed E-state index contributed by atoms with van der Waals surface area (Å²) in [6.45, 7) is 2.02. The topological polar surface area (TPSA) is 49.3 Å². The fraction of sp³-hybridized carbons (Fsp3) is 0.133. The minimum absolute atomic E-state index is 0.0920. The number of nitrogens with one attached hydrogen (secondary N) is 1. The Labute approximate surface area is 116 Å². The van der Waals surface area contributed by atoms with Crippen LogP contribution in [0.4, 0.5) is 5.69 Å². The molecule has 0 heterocycles. The summed E-state index contributed by atoms with van der Waals surface area (Å²) in [6, 6.07) is 14.4. The molecule has 2 aromatic carbocycles. The summed E-state index contributed by atoms with van der Waals surface area (Å²) >= 11 is 5.95. The molecule has 98 valence electrons. The molecular weight excluding hydrogens is 262 g/mol. The van der Waals surface area contributed by atoms with Crippen LogP contribution in [0.5, 0.6) is 0 Å². The van der Waals surface area contributed by atoms with Gasteiger partial charge in [0.1, 0.15) is 0 Å². The molecule has 0 aliphatic rings. The zero-order chi connectivity index (χ0) is 13.8. The van der Waals surface area contributed by atoms with Crippen LogP contribution >= 0.6 is 11.6 Å². The molecule has 1 atom stereocenters. The van der Waals surface area contributed by atoms with Gasteiger partial charge in [0, 0.05) is 16.8 Å². The van der Waals surface area contributed by atoms with Crippen LogP contribution in [0.25, 0.3) is 0 Å². The van der Waals surface area contributed by atoms with E-state index in [4.69, 9.17) is 16.7 Å². The van der Waals surface area contributed by atoms with Gasteiger partial charge >= 0.3 is 5.97 Å². The molecule has 0 spiro atoms. The molecule has 0 amide bonds. The number of hydrogen-bond acceptors (Lipinski definition) is 2. The number of anilines is 1. The highest BCUT2D eigenvalue weighted by Gasteiger charge is 2.07. The molecule has 4 heteroatoms. The molecule has 0 saturated heterocycles. The Bertz CT molecular complexity index is 581. The highest BCUT2D eigenvalue weighted by molar-refractivity contribution is 6.30. The van der Waals surface area contributed by atoms with Crippen LogP contribution in [0.3, 0.4) is 0 Å². The van der Waals surface area contributed by atoms with Gasteiger partial charge in [-0.05, 0) is 48.9 Å². The second-order valence-electron chi connectivity index (χ2n) is 4.30. The molecule has 2 rings (SSSR count). The maximum Gasteiger partial charge on any atom is 0.335 e. The van der Waals surface area contributed by atoms with Crippen molar-refractivity contribution in [1.29, 1.82) is 0 Å². The number of carboxylic acids is 1. The second kappa shape index (κ2) is 5.76. The lowest BCUT2D eigenvalue weighted by Gasteiger charge is -2.16. The van der Waals surface area contributed by atoms with Crippen molar-refractivity contribution in [2.75, 3.05) is 5.32 Å². The first kappa shape index (κ1) is 13.4. The number of aromatic carboxylic acids is 1. The zero-order valence-corrected chi connectivity index (χ0v) is 11.2. The van der Waals surface area contributed by atoms with Crippen LogP contribution in [0, 0.1) is 0 Å². The van der Waals surface area contributed by atoms with E-state index in [-0.39, 0.29) is 11.6 Å². The standard InChI is InChI=1S/C15H14ClNO2/c1-10(12-3-2-4-13(16)9-12)17-14-7-5-11(6-8-14)15(18)19/h2-10,17H,1H3,(H,18,19). The van der Waals surface area contributed by atoms with Crippen LogP contribution in [0.1, 0.15) is 28.9 Å². The van der Waals surface area contributed by atoms with Crippen molar-refractivity contribution in [1.82, 2.24) is 0 Å². The van der Waals surface area contributed by atoms with Gasteiger partial charge in [-0.1, -0.05) is 23.7 Å². The largest absolute Gasteiger partial charge is 0.478 e. The van der Waals surface area contributed by atoms with Crippen molar-refractivity contribution >= 4 is 23.3 Å². The molecule has 0 aromatic heterocycles. The first-order valence-electron chi connectivity index (χ1n) is 5.91. The Balaban J connectivity index is 2.10. The van der Waals surface area contributed by atoms with Gasteiger partial charge in [0.25, 0.3) is 0 Å². The lowest BCUT2D eigenvalue weighted by molar-refractivity contribution is 0.0697. The van der Waals surface area contributed by atoms with E-state index in [1.165, 1.54) is 0 Å². The fourth-order valence-corrected chi connectivity index (χ4v) is 2.02. The SMILES string of the molecule is CC(Nc1ccc(C(=O)O)cc1)c1cccc(Cl)c1. The van der Waals surface area contributed by atoms with Gasteiger partial charge in [-0.2, -0.15) is 0 Å². The molecule has 0 aliphatic heterocycles. The van der Waals surface area contributed by atoms with Crippen molar-refractivity contribution in [3.63, 3.8) is 0 Å². The van der Waals surface area contributed by atoms with E-state index in [0.29, 0.717) is 5.02 Å². The monoisotopic (exact) mass is 275 g/mol. The molecule has 0 aliphatic carbocycles. The second-order valence-corrected chi connectivity index (χ2v) is 4.74. The summed E-state index contributed by atoms with van der Waals surface area (Å²) in [6.07, 6.45) is 0. The van der Waals surface area contributed by atoms with Gasteiger partial charge in [0.15, 0.2) is 0 Å². The maximum absolute atomic E-state index is 10.8. The Hall–Kier alpha value is -2.00. The van der Waals surface area contributed by atoms with Crippen LogP contribution in [-0.2, 0) is 0 Å². The first-order valence-corrected chi connectivity index (χ1v) is 6.29. The summed E-state index contributed by atoms with van der Waals surface area (Å²) in [7, 11) is 0. The molecule has 0 bridgehead atoms. The third-order valence-corrected chi connectivity index (χ3v) is 3.10. The number of carboxylic acid groups (broad SMARTS) is 1. The normalized spacial score (nSPS) is 11.9. The van der Waals surface area contributed by atoms with Crippen molar-refractivity contribution in [2.45, 2.75) is 13.0 Å². The molecule has 1 unspecified atom stereocenters. The number of benzene rings is 2. The van der Waals surface area contributed by atoms with Crippen LogP contribution in [-0.4, -0.2) is 11.1 Å². The van der Waals surface area contributed by atoms with E-state index >= 15 is 0 Å². The fourth-order valence-electron chi connectivity index (χ4n) is 1.82. The average Bonchev–Trinajstić information content (AvgIpc) is 2.39. The van der Waals surface area contributed by atoms with Crippen molar-refractivity contribution in [3.05, 3.63) is 64.7 Å². The number of carbonyl (C=O) groups is 1. The van der Waals surface area contributed by atoms with E-state index in [1.807, 2.05) is 31.2 Å². The quantitative estimate of drug-likeness (QED) is 0.879. The van der Waals surface area contributed by atoms with Gasteiger partial charge < -0.3 is 10.4 Å². The summed E-state index contributed by atoms with van der Waals surface area (Å²) in [4.78, 5) is 10.8. The van der Waals surface area contributed by atoms with E-state index in [0.717, 1.165) is 11.3 Å². The summed E-state index contributed by atoms with van der Waals surface area (Å²) < 4.78 is 0. The Morgan fingerprint density at radius 2 is 1.89 bits per heavy atom. The van der Waals surface area contributed by atoms with Gasteiger partial charge in [-0.3, -0.25) is 0 Å². The lowest BCUT2D eigenvalue weighted by Crippen LogP contribution is -2.06. The summed E-state index contributed by atoms with van der Waals surface area (Å²) in [5.41, 5.74) is 2.23. The van der Waals surface area contributed by atoms with Gasteiger partial charge in [0.05, 0.1) is 5.56 Å². The molecule has 2 N–H and O–H groups in total. The molecule has 0 fully saturated rings. The number of halogens is 1. The smallest absolute Gasteiger partial charge is 0.335 e. The minimum atomic E-state index is -0.922. The Morgan fingerprint density at radius 1 is 1.21 bits per heavy atom. The van der Waals surface area contributed by atoms with Crippen LogP contribution < -0.4 is 5.32 Å². The third kappa shape index (κ3) is 3.48. The van der Waals surface area contributed by atoms with E-state index < -0.39 is 5.97 Å². The van der Waals surface area contributed by atoms with Crippen LogP contribution in [0.15, 0.2) is 48.5 Å². The highest BCUT2D eigenvalue weighted by atomic mass is 35.5. The third-order valence-electron chi connectivity index (χ3n) is 2.86. The number of hydrogen-bond donors (Lipinski definition) is 2. The minimum Gasteiger partial charge on any atom is -0.478 e. The van der Waals surface area contributed by atoms with Gasteiger partial charge in [-0.25, -0.2) is 4.79 Å². The van der Waals surface area contributed by atoms with E-state index in [2.05, 4.69) is 5.32 Å². The molecule has 19 heavy (non-hydrogen) atoms. The molecule has 0 saturated carbocycles.